The molecule has 0 bridgehead atoms. The average molecular weight is 417 g/mol. The minimum absolute atomic E-state index is 0.117. The number of methoxy groups -OCH3 is 1. The van der Waals surface area contributed by atoms with Gasteiger partial charge in [0.2, 0.25) is 5.89 Å². The number of nitrogens with zero attached hydrogens (tertiary/aromatic N) is 3. The summed E-state index contributed by atoms with van der Waals surface area (Å²) in [6, 6.07) is 15.3. The number of carbonyl (C=O) groups excluding carboxylic acids is 1. The Labute approximate surface area is 180 Å². The van der Waals surface area contributed by atoms with E-state index in [1.54, 1.807) is 31.5 Å². The number of benzene rings is 2. The summed E-state index contributed by atoms with van der Waals surface area (Å²) in [4.78, 5) is 22.7. The summed E-state index contributed by atoms with van der Waals surface area (Å²) in [5.74, 6) is 1.57. The summed E-state index contributed by atoms with van der Waals surface area (Å²) in [6.45, 7) is 2.07. The molecule has 1 amide bonds. The molecule has 4 rings (SSSR count). The minimum atomic E-state index is -0.225. The zero-order valence-electron chi connectivity index (χ0n) is 17.6. The monoisotopic (exact) mass is 417 g/mol. The van der Waals surface area contributed by atoms with Gasteiger partial charge in [0.1, 0.15) is 17.8 Å². The highest BCUT2D eigenvalue weighted by atomic mass is 16.5. The number of hydrogen-bond donors (Lipinski definition) is 0. The second kappa shape index (κ2) is 8.87. The van der Waals surface area contributed by atoms with E-state index < -0.39 is 0 Å². The van der Waals surface area contributed by atoms with E-state index in [1.807, 2.05) is 55.5 Å². The van der Waals surface area contributed by atoms with Crippen LogP contribution in [0.25, 0.3) is 10.8 Å². The molecule has 0 aliphatic rings. The zero-order chi connectivity index (χ0) is 21.8. The minimum Gasteiger partial charge on any atom is -0.497 e. The van der Waals surface area contributed by atoms with Crippen molar-refractivity contribution in [2.45, 2.75) is 19.6 Å². The van der Waals surface area contributed by atoms with Gasteiger partial charge in [0.05, 0.1) is 13.2 Å². The molecule has 2 heterocycles. The van der Waals surface area contributed by atoms with E-state index in [4.69, 9.17) is 13.9 Å². The largest absolute Gasteiger partial charge is 0.497 e. The first-order chi connectivity index (χ1) is 15.0. The predicted molar refractivity (Wildman–Crippen MR) is 116 cm³/mol. The molecular formula is C24H23N3O4. The van der Waals surface area contributed by atoms with Crippen molar-refractivity contribution in [1.29, 1.82) is 0 Å². The molecule has 1 atom stereocenters. The lowest BCUT2D eigenvalue weighted by molar-refractivity contribution is 0.0736. The maximum absolute atomic E-state index is 12.8. The number of pyridine rings is 1. The lowest BCUT2D eigenvalue weighted by Gasteiger charge is -2.24. The second-order valence-electron chi connectivity index (χ2n) is 7.16. The number of aromatic nitrogens is 2. The van der Waals surface area contributed by atoms with Crippen LogP contribution in [0.5, 0.6) is 11.5 Å². The zero-order valence-corrected chi connectivity index (χ0v) is 17.6. The summed E-state index contributed by atoms with van der Waals surface area (Å²) < 4.78 is 16.5. The highest BCUT2D eigenvalue weighted by Crippen LogP contribution is 2.25. The van der Waals surface area contributed by atoms with Crippen molar-refractivity contribution >= 4 is 16.7 Å². The van der Waals surface area contributed by atoms with Gasteiger partial charge in [-0.3, -0.25) is 9.78 Å². The highest BCUT2D eigenvalue weighted by Gasteiger charge is 2.22. The fourth-order valence-electron chi connectivity index (χ4n) is 3.26. The van der Waals surface area contributed by atoms with E-state index in [0.717, 1.165) is 22.1 Å². The topological polar surface area (TPSA) is 77.7 Å². The van der Waals surface area contributed by atoms with Crippen LogP contribution in [-0.4, -0.2) is 34.9 Å². The highest BCUT2D eigenvalue weighted by molar-refractivity contribution is 5.92. The van der Waals surface area contributed by atoms with Crippen molar-refractivity contribution in [2.24, 2.45) is 0 Å². The Morgan fingerprint density at radius 3 is 2.52 bits per heavy atom. The van der Waals surface area contributed by atoms with Crippen molar-refractivity contribution in [3.05, 3.63) is 84.3 Å². The SMILES string of the molecule is COc1ccc2ccc(OCc3nc(C(=O)N(C)[C@H](C)c4ccncc4)co3)cc2c1. The first-order valence-electron chi connectivity index (χ1n) is 9.87. The predicted octanol–water partition coefficient (Wildman–Crippen LogP) is 4.64. The summed E-state index contributed by atoms with van der Waals surface area (Å²) in [6.07, 6.45) is 4.78. The van der Waals surface area contributed by atoms with E-state index in [0.29, 0.717) is 11.6 Å². The number of rotatable bonds is 7. The molecule has 0 N–H and O–H groups in total. The number of fused-ring (bicyclic) bond motifs is 1. The molecule has 0 unspecified atom stereocenters. The van der Waals surface area contributed by atoms with Crippen LogP contribution in [0.15, 0.2) is 71.6 Å². The maximum atomic E-state index is 12.8. The number of ether oxygens (including phenoxy) is 2. The van der Waals surface area contributed by atoms with Gasteiger partial charge in [-0.15, -0.1) is 0 Å². The number of carbonyl (C=O) groups is 1. The molecule has 31 heavy (non-hydrogen) atoms. The summed E-state index contributed by atoms with van der Waals surface area (Å²) >= 11 is 0. The van der Waals surface area contributed by atoms with Crippen molar-refractivity contribution in [3.63, 3.8) is 0 Å². The Bertz CT molecular complexity index is 1190. The summed E-state index contributed by atoms with van der Waals surface area (Å²) in [5.41, 5.74) is 1.23. The average Bonchev–Trinajstić information content (AvgIpc) is 3.30. The smallest absolute Gasteiger partial charge is 0.276 e. The standard InChI is InChI=1S/C24H23N3O4/c1-16(17-8-10-25-11-9-17)27(2)24(28)22-14-31-23(26-22)15-30-21-7-5-18-4-6-20(29-3)12-19(18)13-21/h4-14,16H,15H2,1-3H3/t16-/m1/s1. The lowest BCUT2D eigenvalue weighted by Crippen LogP contribution is -2.30. The summed E-state index contributed by atoms with van der Waals surface area (Å²) in [5, 5.41) is 2.09. The Hall–Kier alpha value is -3.87. The van der Waals surface area contributed by atoms with Crippen LogP contribution in [0.3, 0.4) is 0 Å². The van der Waals surface area contributed by atoms with E-state index >= 15 is 0 Å². The first kappa shape index (κ1) is 20.4. The fourth-order valence-corrected chi connectivity index (χ4v) is 3.26. The third kappa shape index (κ3) is 4.50. The molecule has 0 saturated heterocycles. The Morgan fingerprint density at radius 1 is 1.06 bits per heavy atom. The molecule has 7 heteroatoms. The van der Waals surface area contributed by atoms with Crippen molar-refractivity contribution in [1.82, 2.24) is 14.9 Å². The number of hydrogen-bond acceptors (Lipinski definition) is 6. The van der Waals surface area contributed by atoms with Gasteiger partial charge in [-0.1, -0.05) is 12.1 Å². The molecule has 0 spiro atoms. The Balaban J connectivity index is 1.42. The molecule has 2 aromatic heterocycles. The van der Waals surface area contributed by atoms with Crippen LogP contribution >= 0.6 is 0 Å². The molecule has 4 aromatic rings. The van der Waals surface area contributed by atoms with Gasteiger partial charge in [-0.05, 0) is 59.7 Å². The van der Waals surface area contributed by atoms with Gasteiger partial charge in [0.15, 0.2) is 12.3 Å². The van der Waals surface area contributed by atoms with Crippen LogP contribution < -0.4 is 9.47 Å². The fraction of sp³-hybridized carbons (Fsp3) is 0.208. The van der Waals surface area contributed by atoms with Gasteiger partial charge < -0.3 is 18.8 Å². The van der Waals surface area contributed by atoms with Crippen LogP contribution in [0.1, 0.15) is 34.9 Å². The molecule has 158 valence electrons. The molecular weight excluding hydrogens is 394 g/mol. The summed E-state index contributed by atoms with van der Waals surface area (Å²) in [7, 11) is 3.37. The van der Waals surface area contributed by atoms with Gasteiger partial charge in [0.25, 0.3) is 5.91 Å². The van der Waals surface area contributed by atoms with Crippen LogP contribution in [-0.2, 0) is 6.61 Å². The molecule has 0 fully saturated rings. The van der Waals surface area contributed by atoms with E-state index in [9.17, 15) is 4.79 Å². The Kier molecular flexibility index (Phi) is 5.84. The van der Waals surface area contributed by atoms with Gasteiger partial charge >= 0.3 is 0 Å². The third-order valence-electron chi connectivity index (χ3n) is 5.24. The molecule has 7 nitrogen and oxygen atoms in total. The number of oxazole rings is 1. The van der Waals surface area contributed by atoms with Gasteiger partial charge in [-0.25, -0.2) is 4.98 Å². The molecule has 0 aliphatic carbocycles. The molecule has 0 saturated carbocycles. The third-order valence-corrected chi connectivity index (χ3v) is 5.24. The normalized spacial score (nSPS) is 11.8. The number of amides is 1. The van der Waals surface area contributed by atoms with Crippen molar-refractivity contribution in [2.75, 3.05) is 14.2 Å². The Morgan fingerprint density at radius 2 is 1.77 bits per heavy atom. The van der Waals surface area contributed by atoms with Crippen LogP contribution in [0.2, 0.25) is 0 Å². The van der Waals surface area contributed by atoms with E-state index in [-0.39, 0.29) is 24.2 Å². The van der Waals surface area contributed by atoms with Crippen molar-refractivity contribution in [3.8, 4) is 11.5 Å². The van der Waals surface area contributed by atoms with Crippen LogP contribution in [0, 0.1) is 0 Å². The van der Waals surface area contributed by atoms with Crippen LogP contribution in [0.4, 0.5) is 0 Å². The molecule has 2 aromatic carbocycles. The molecule has 0 radical (unpaired) electrons. The van der Waals surface area contributed by atoms with Gasteiger partial charge in [0, 0.05) is 19.4 Å². The maximum Gasteiger partial charge on any atom is 0.276 e. The first-order valence-corrected chi connectivity index (χ1v) is 9.87. The quantitative estimate of drug-likeness (QED) is 0.436. The van der Waals surface area contributed by atoms with Gasteiger partial charge in [-0.2, -0.15) is 0 Å². The van der Waals surface area contributed by atoms with E-state index in [1.165, 1.54) is 6.26 Å². The van der Waals surface area contributed by atoms with E-state index in [2.05, 4.69) is 9.97 Å². The van der Waals surface area contributed by atoms with Crippen molar-refractivity contribution < 1.29 is 18.7 Å². The second-order valence-corrected chi connectivity index (χ2v) is 7.16. The molecule has 0 aliphatic heterocycles. The lowest BCUT2D eigenvalue weighted by atomic mass is 10.1.